The molecule has 0 spiro atoms. The van der Waals surface area contributed by atoms with Gasteiger partial charge in [0, 0.05) is 0 Å². The predicted octanol–water partition coefficient (Wildman–Crippen LogP) is 3.52. The van der Waals surface area contributed by atoms with Gasteiger partial charge in [0.25, 0.3) is 0 Å². The summed E-state index contributed by atoms with van der Waals surface area (Å²) in [6, 6.07) is 0. The molecule has 1 rings (SSSR count). The molecule has 0 radical (unpaired) electrons. The van der Waals surface area contributed by atoms with Gasteiger partial charge in [-0.15, -0.1) is 0 Å². The first kappa shape index (κ1) is 16.0. The highest BCUT2D eigenvalue weighted by atomic mass is 15.1. The normalized spacial score (nSPS) is 19.3. The number of rotatable bonds is 7. The smallest absolute Gasteiger partial charge is 0.00159 e. The molecule has 1 aliphatic heterocycles. The van der Waals surface area contributed by atoms with E-state index in [0.29, 0.717) is 5.41 Å². The maximum Gasteiger partial charge on any atom is -0.00159 e. The van der Waals surface area contributed by atoms with Crippen LogP contribution in [0.2, 0.25) is 0 Å². The molecule has 0 aliphatic carbocycles. The van der Waals surface area contributed by atoms with Crippen LogP contribution in [-0.4, -0.2) is 38.1 Å². The highest BCUT2D eigenvalue weighted by molar-refractivity contribution is 4.80. The van der Waals surface area contributed by atoms with Crippen LogP contribution in [0.5, 0.6) is 0 Å². The van der Waals surface area contributed by atoms with E-state index in [9.17, 15) is 0 Å². The third-order valence-corrected chi connectivity index (χ3v) is 4.46. The van der Waals surface area contributed by atoms with Crippen LogP contribution in [0.25, 0.3) is 0 Å². The van der Waals surface area contributed by atoms with Crippen molar-refractivity contribution >= 4 is 0 Å². The summed E-state index contributed by atoms with van der Waals surface area (Å²) in [5.74, 6) is 0.935. The second-order valence-electron chi connectivity index (χ2n) is 7.00. The first-order chi connectivity index (χ1) is 8.54. The van der Waals surface area contributed by atoms with Crippen molar-refractivity contribution in [3.05, 3.63) is 0 Å². The molecule has 0 saturated carbocycles. The molecule has 0 unspecified atom stereocenters. The van der Waals surface area contributed by atoms with Gasteiger partial charge in [-0.3, -0.25) is 0 Å². The van der Waals surface area contributed by atoms with Gasteiger partial charge in [-0.25, -0.2) is 0 Å². The van der Waals surface area contributed by atoms with Gasteiger partial charge in [-0.2, -0.15) is 0 Å². The summed E-state index contributed by atoms with van der Waals surface area (Å²) in [6.07, 6.45) is 8.33. The summed E-state index contributed by atoms with van der Waals surface area (Å²) in [7, 11) is 2.04. The Morgan fingerprint density at radius 2 is 1.61 bits per heavy atom. The van der Waals surface area contributed by atoms with Crippen LogP contribution in [0.3, 0.4) is 0 Å². The first-order valence-electron chi connectivity index (χ1n) is 7.91. The molecule has 2 heteroatoms. The van der Waals surface area contributed by atoms with E-state index in [4.69, 9.17) is 0 Å². The highest BCUT2D eigenvalue weighted by Gasteiger charge is 2.28. The second-order valence-corrected chi connectivity index (χ2v) is 7.00. The van der Waals surface area contributed by atoms with Gasteiger partial charge in [-0.1, -0.05) is 33.6 Å². The summed E-state index contributed by atoms with van der Waals surface area (Å²) in [5, 5.41) is 3.22. The molecule has 0 aromatic heterocycles. The fourth-order valence-corrected chi connectivity index (χ4v) is 3.01. The monoisotopic (exact) mass is 254 g/mol. The average molecular weight is 254 g/mol. The molecule has 0 aromatic carbocycles. The van der Waals surface area contributed by atoms with Gasteiger partial charge in [0.15, 0.2) is 0 Å². The van der Waals surface area contributed by atoms with Gasteiger partial charge in [0.1, 0.15) is 0 Å². The summed E-state index contributed by atoms with van der Waals surface area (Å²) >= 11 is 0. The number of likely N-dealkylation sites (tertiary alicyclic amines) is 1. The first-order valence-corrected chi connectivity index (χ1v) is 7.91. The van der Waals surface area contributed by atoms with Crippen molar-refractivity contribution in [1.29, 1.82) is 0 Å². The quantitative estimate of drug-likeness (QED) is 0.699. The van der Waals surface area contributed by atoms with Gasteiger partial charge in [0.05, 0.1) is 0 Å². The van der Waals surface area contributed by atoms with Crippen LogP contribution in [0.15, 0.2) is 0 Å². The number of hydrogen-bond acceptors (Lipinski definition) is 2. The second kappa shape index (κ2) is 8.16. The topological polar surface area (TPSA) is 15.3 Å². The fraction of sp³-hybridized carbons (Fsp3) is 1.00. The Kier molecular flexibility index (Phi) is 7.25. The van der Waals surface area contributed by atoms with Gasteiger partial charge >= 0.3 is 0 Å². The zero-order chi connectivity index (χ0) is 13.4. The van der Waals surface area contributed by atoms with Crippen molar-refractivity contribution in [3.8, 4) is 0 Å². The lowest BCUT2D eigenvalue weighted by Gasteiger charge is -2.38. The molecule has 18 heavy (non-hydrogen) atoms. The van der Waals surface area contributed by atoms with Crippen LogP contribution >= 0.6 is 0 Å². The van der Waals surface area contributed by atoms with Crippen LogP contribution in [0, 0.1) is 11.3 Å². The lowest BCUT2D eigenvalue weighted by atomic mass is 9.75. The molecule has 108 valence electrons. The van der Waals surface area contributed by atoms with E-state index in [1.807, 2.05) is 7.05 Å². The molecule has 1 fully saturated rings. The van der Waals surface area contributed by atoms with Gasteiger partial charge in [0.2, 0.25) is 0 Å². The zero-order valence-electron chi connectivity index (χ0n) is 13.1. The summed E-state index contributed by atoms with van der Waals surface area (Å²) < 4.78 is 0. The number of nitrogens with one attached hydrogen (secondary N) is 1. The molecule has 1 heterocycles. The van der Waals surface area contributed by atoms with E-state index >= 15 is 0 Å². The minimum absolute atomic E-state index is 0.513. The van der Waals surface area contributed by atoms with Crippen molar-refractivity contribution in [2.45, 2.75) is 59.3 Å². The van der Waals surface area contributed by atoms with E-state index in [2.05, 4.69) is 31.0 Å². The Labute approximate surface area is 115 Å². The molecule has 0 atom stereocenters. The molecule has 0 aromatic rings. The molecular formula is C16H34N2. The fourth-order valence-electron chi connectivity index (χ4n) is 3.01. The van der Waals surface area contributed by atoms with E-state index < -0.39 is 0 Å². The van der Waals surface area contributed by atoms with E-state index in [-0.39, 0.29) is 0 Å². The van der Waals surface area contributed by atoms with Crippen molar-refractivity contribution < 1.29 is 0 Å². The number of piperidine rings is 1. The van der Waals surface area contributed by atoms with Gasteiger partial charge < -0.3 is 10.2 Å². The maximum atomic E-state index is 3.22. The predicted molar refractivity (Wildman–Crippen MR) is 81.0 cm³/mol. The average Bonchev–Trinajstić information content (AvgIpc) is 2.33. The molecular weight excluding hydrogens is 220 g/mol. The van der Waals surface area contributed by atoms with Crippen molar-refractivity contribution in [1.82, 2.24) is 10.2 Å². The van der Waals surface area contributed by atoms with Crippen molar-refractivity contribution in [2.75, 3.05) is 33.2 Å². The zero-order valence-corrected chi connectivity index (χ0v) is 13.1. The van der Waals surface area contributed by atoms with Crippen LogP contribution in [0.4, 0.5) is 0 Å². The van der Waals surface area contributed by atoms with Crippen molar-refractivity contribution in [3.63, 3.8) is 0 Å². The molecule has 0 bridgehead atoms. The minimum atomic E-state index is 0.513. The van der Waals surface area contributed by atoms with Crippen LogP contribution in [-0.2, 0) is 0 Å². The number of hydrogen-bond donors (Lipinski definition) is 1. The van der Waals surface area contributed by atoms with E-state index in [1.165, 1.54) is 64.7 Å². The van der Waals surface area contributed by atoms with Crippen LogP contribution < -0.4 is 5.32 Å². The standard InChI is InChI=1S/C16H34N2/c1-16(2,3)15-9-13-18(14-10-15)12-8-6-5-7-11-17-4/h15,17H,5-14H2,1-4H3. The Morgan fingerprint density at radius 3 is 2.17 bits per heavy atom. The largest absolute Gasteiger partial charge is 0.320 e. The molecule has 2 nitrogen and oxygen atoms in total. The minimum Gasteiger partial charge on any atom is -0.320 e. The van der Waals surface area contributed by atoms with Gasteiger partial charge in [-0.05, 0) is 70.2 Å². The van der Waals surface area contributed by atoms with E-state index in [1.54, 1.807) is 0 Å². The third-order valence-electron chi connectivity index (χ3n) is 4.46. The summed E-state index contributed by atoms with van der Waals surface area (Å²) in [4.78, 5) is 2.68. The molecule has 0 amide bonds. The van der Waals surface area contributed by atoms with Crippen molar-refractivity contribution in [2.24, 2.45) is 11.3 Å². The third kappa shape index (κ3) is 6.19. The Morgan fingerprint density at radius 1 is 1.00 bits per heavy atom. The lowest BCUT2D eigenvalue weighted by molar-refractivity contribution is 0.111. The molecule has 1 N–H and O–H groups in total. The summed E-state index contributed by atoms with van der Waals surface area (Å²) in [6.45, 7) is 12.4. The van der Waals surface area contributed by atoms with E-state index in [0.717, 1.165) is 5.92 Å². The SMILES string of the molecule is CNCCCCCCN1CCC(C(C)(C)C)CC1. The number of nitrogens with zero attached hydrogens (tertiary/aromatic N) is 1. The Hall–Kier alpha value is -0.0800. The molecule has 1 aliphatic rings. The highest BCUT2D eigenvalue weighted by Crippen LogP contribution is 2.34. The van der Waals surface area contributed by atoms with Crippen LogP contribution in [0.1, 0.15) is 59.3 Å². The Bertz CT molecular complexity index is 200. The Balaban J connectivity index is 2.02. The molecule has 1 saturated heterocycles. The maximum absolute atomic E-state index is 3.22. The number of unbranched alkanes of at least 4 members (excludes halogenated alkanes) is 3. The lowest BCUT2D eigenvalue weighted by Crippen LogP contribution is -2.38. The summed E-state index contributed by atoms with van der Waals surface area (Å²) in [5.41, 5.74) is 0.513.